The molecule has 3 aromatic carbocycles. The SMILES string of the molecule is CCn1c(=O)n(-c2ccc(OCc3ccccc3)nc2OCc2ccccc2)c2ccc(B3OC(C)(C)C(C)(C)O3)cc21. The molecule has 0 N–H and O–H groups in total. The molecular weight excluding hydrogens is 541 g/mol. The molecule has 1 fully saturated rings. The van der Waals surface area contributed by atoms with Gasteiger partial charge in [0.25, 0.3) is 0 Å². The maximum atomic E-state index is 13.9. The Morgan fingerprint density at radius 2 is 1.37 bits per heavy atom. The average molecular weight is 577 g/mol. The van der Waals surface area contributed by atoms with E-state index in [2.05, 4.69) is 0 Å². The molecule has 0 saturated carbocycles. The summed E-state index contributed by atoms with van der Waals surface area (Å²) in [6.45, 7) is 11.2. The van der Waals surface area contributed by atoms with Crippen LogP contribution in [0.25, 0.3) is 16.7 Å². The van der Waals surface area contributed by atoms with Crippen LogP contribution in [0.2, 0.25) is 0 Å². The van der Waals surface area contributed by atoms with Crippen molar-refractivity contribution >= 4 is 23.6 Å². The van der Waals surface area contributed by atoms with Crippen LogP contribution in [-0.4, -0.2) is 32.4 Å². The Morgan fingerprint density at radius 1 is 0.767 bits per heavy atom. The van der Waals surface area contributed by atoms with Gasteiger partial charge in [-0.05, 0) is 69.4 Å². The second kappa shape index (κ2) is 11.4. The van der Waals surface area contributed by atoms with Crippen LogP contribution in [0.15, 0.2) is 95.8 Å². The van der Waals surface area contributed by atoms with Gasteiger partial charge >= 0.3 is 12.8 Å². The quantitative estimate of drug-likeness (QED) is 0.211. The molecule has 0 unspecified atom stereocenters. The van der Waals surface area contributed by atoms with Crippen LogP contribution in [0.3, 0.4) is 0 Å². The Kier molecular flexibility index (Phi) is 7.62. The normalized spacial score (nSPS) is 15.6. The number of aryl methyl sites for hydroxylation is 1. The topological polar surface area (TPSA) is 76.7 Å². The second-order valence-electron chi connectivity index (χ2n) is 11.7. The van der Waals surface area contributed by atoms with Gasteiger partial charge in [0.1, 0.15) is 18.9 Å². The van der Waals surface area contributed by atoms with E-state index in [1.54, 1.807) is 15.2 Å². The summed E-state index contributed by atoms with van der Waals surface area (Å²) in [5.74, 6) is 0.715. The van der Waals surface area contributed by atoms with Crippen molar-refractivity contribution in [1.29, 1.82) is 0 Å². The zero-order valence-corrected chi connectivity index (χ0v) is 25.2. The highest BCUT2D eigenvalue weighted by molar-refractivity contribution is 6.62. The average Bonchev–Trinajstić information content (AvgIpc) is 3.41. The summed E-state index contributed by atoms with van der Waals surface area (Å²) in [5.41, 5.74) is 3.79. The number of imidazole rings is 1. The first-order valence-electron chi connectivity index (χ1n) is 14.6. The van der Waals surface area contributed by atoms with E-state index >= 15 is 0 Å². The highest BCUT2D eigenvalue weighted by Crippen LogP contribution is 2.37. The molecule has 0 spiro atoms. The van der Waals surface area contributed by atoms with E-state index < -0.39 is 18.3 Å². The Morgan fingerprint density at radius 3 is 1.98 bits per heavy atom. The molecule has 5 aromatic rings. The van der Waals surface area contributed by atoms with Crippen molar-refractivity contribution in [3.8, 4) is 17.4 Å². The fourth-order valence-electron chi connectivity index (χ4n) is 5.17. The van der Waals surface area contributed by atoms with Gasteiger partial charge in [-0.1, -0.05) is 66.7 Å². The fraction of sp³-hybridized carbons (Fsp3) is 0.294. The summed E-state index contributed by atoms with van der Waals surface area (Å²) in [6, 6.07) is 29.2. The van der Waals surface area contributed by atoms with E-state index in [1.807, 2.05) is 120 Å². The molecule has 220 valence electrons. The standard InChI is InChI=1S/C34H36BN3O5/c1-6-37-29-21-26(35-42-33(2,3)34(4,5)43-35)17-18-27(29)38(32(37)39)28-19-20-30(40-22-24-13-9-7-10-14-24)36-31(28)41-23-25-15-11-8-12-16-25/h7-21H,6,22-23H2,1-5H3. The molecule has 43 heavy (non-hydrogen) atoms. The summed E-state index contributed by atoms with van der Waals surface area (Å²) in [4.78, 5) is 18.7. The molecule has 8 nitrogen and oxygen atoms in total. The molecule has 2 aromatic heterocycles. The summed E-state index contributed by atoms with van der Waals surface area (Å²) >= 11 is 0. The van der Waals surface area contributed by atoms with E-state index in [9.17, 15) is 4.79 Å². The summed E-state index contributed by atoms with van der Waals surface area (Å²) in [5, 5.41) is 0. The fourth-order valence-corrected chi connectivity index (χ4v) is 5.17. The monoisotopic (exact) mass is 577 g/mol. The Bertz CT molecular complexity index is 1780. The molecule has 1 aliphatic rings. The van der Waals surface area contributed by atoms with Gasteiger partial charge in [-0.3, -0.25) is 9.13 Å². The first-order chi connectivity index (χ1) is 20.7. The van der Waals surface area contributed by atoms with E-state index in [0.29, 0.717) is 30.6 Å². The minimum absolute atomic E-state index is 0.187. The zero-order valence-electron chi connectivity index (χ0n) is 25.2. The van der Waals surface area contributed by atoms with Crippen LogP contribution in [-0.2, 0) is 29.1 Å². The van der Waals surface area contributed by atoms with Crippen LogP contribution >= 0.6 is 0 Å². The lowest BCUT2D eigenvalue weighted by molar-refractivity contribution is 0.00578. The molecule has 3 heterocycles. The predicted octanol–water partition coefficient (Wildman–Crippen LogP) is 5.66. The minimum atomic E-state index is -0.536. The van der Waals surface area contributed by atoms with E-state index in [4.69, 9.17) is 23.8 Å². The number of aromatic nitrogens is 3. The maximum Gasteiger partial charge on any atom is 0.494 e. The first-order valence-corrected chi connectivity index (χ1v) is 14.6. The van der Waals surface area contributed by atoms with Gasteiger partial charge in [-0.2, -0.15) is 4.98 Å². The molecule has 1 aliphatic heterocycles. The smallest absolute Gasteiger partial charge is 0.473 e. The van der Waals surface area contributed by atoms with Gasteiger partial charge in [0.05, 0.1) is 22.2 Å². The van der Waals surface area contributed by atoms with E-state index in [0.717, 1.165) is 27.6 Å². The molecule has 0 amide bonds. The summed E-state index contributed by atoms with van der Waals surface area (Å²) in [6.07, 6.45) is 0. The highest BCUT2D eigenvalue weighted by Gasteiger charge is 2.51. The first kappa shape index (κ1) is 28.8. The number of pyridine rings is 1. The largest absolute Gasteiger partial charge is 0.494 e. The van der Waals surface area contributed by atoms with Gasteiger partial charge < -0.3 is 18.8 Å². The molecular formula is C34H36BN3O5. The molecule has 0 radical (unpaired) electrons. The Balaban J connectivity index is 1.40. The van der Waals surface area contributed by atoms with Gasteiger partial charge in [0, 0.05) is 12.6 Å². The van der Waals surface area contributed by atoms with Crippen molar-refractivity contribution in [2.45, 2.75) is 65.6 Å². The van der Waals surface area contributed by atoms with Crippen molar-refractivity contribution in [1.82, 2.24) is 14.1 Å². The predicted molar refractivity (Wildman–Crippen MR) is 168 cm³/mol. The number of nitrogens with zero attached hydrogens (tertiary/aromatic N) is 3. The molecule has 1 saturated heterocycles. The number of rotatable bonds is 9. The van der Waals surface area contributed by atoms with Crippen molar-refractivity contribution in [2.24, 2.45) is 0 Å². The lowest BCUT2D eigenvalue weighted by Crippen LogP contribution is -2.41. The third-order valence-electron chi connectivity index (χ3n) is 8.30. The maximum absolute atomic E-state index is 13.9. The Hall–Kier alpha value is -4.34. The number of hydrogen-bond acceptors (Lipinski definition) is 6. The van der Waals surface area contributed by atoms with Gasteiger partial charge in [0.15, 0.2) is 0 Å². The second-order valence-corrected chi connectivity index (χ2v) is 11.7. The third kappa shape index (κ3) is 5.58. The van der Waals surface area contributed by atoms with E-state index in [-0.39, 0.29) is 12.3 Å². The minimum Gasteiger partial charge on any atom is -0.473 e. The number of hydrogen-bond donors (Lipinski definition) is 0. The van der Waals surface area contributed by atoms with Gasteiger partial charge in [-0.25, -0.2) is 4.79 Å². The van der Waals surface area contributed by atoms with Crippen molar-refractivity contribution in [3.63, 3.8) is 0 Å². The van der Waals surface area contributed by atoms with Crippen molar-refractivity contribution in [2.75, 3.05) is 0 Å². The Labute approximate surface area is 252 Å². The molecule has 0 aliphatic carbocycles. The number of fused-ring (bicyclic) bond motifs is 1. The molecule has 0 atom stereocenters. The molecule has 6 rings (SSSR count). The lowest BCUT2D eigenvalue weighted by atomic mass is 9.79. The van der Waals surface area contributed by atoms with Gasteiger partial charge in [0.2, 0.25) is 11.8 Å². The van der Waals surface area contributed by atoms with Crippen LogP contribution in [0.1, 0.15) is 45.7 Å². The van der Waals surface area contributed by atoms with Crippen LogP contribution in [0.5, 0.6) is 11.8 Å². The summed E-state index contributed by atoms with van der Waals surface area (Å²) in [7, 11) is -0.536. The van der Waals surface area contributed by atoms with Crippen LogP contribution in [0, 0.1) is 0 Å². The van der Waals surface area contributed by atoms with E-state index in [1.165, 1.54) is 0 Å². The number of benzene rings is 3. The third-order valence-corrected chi connectivity index (χ3v) is 8.30. The van der Waals surface area contributed by atoms with Crippen molar-refractivity contribution in [3.05, 3.63) is 113 Å². The van der Waals surface area contributed by atoms with Crippen LogP contribution < -0.4 is 20.6 Å². The van der Waals surface area contributed by atoms with Gasteiger partial charge in [-0.15, -0.1) is 0 Å². The highest BCUT2D eigenvalue weighted by atomic mass is 16.7. The molecule has 9 heteroatoms. The van der Waals surface area contributed by atoms with Crippen molar-refractivity contribution < 1.29 is 18.8 Å². The summed E-state index contributed by atoms with van der Waals surface area (Å²) < 4.78 is 28.3. The zero-order chi connectivity index (χ0) is 30.2. The number of ether oxygens (including phenoxy) is 2. The molecule has 0 bridgehead atoms. The lowest BCUT2D eigenvalue weighted by Gasteiger charge is -2.32. The van der Waals surface area contributed by atoms with Crippen LogP contribution in [0.4, 0.5) is 0 Å².